The quantitative estimate of drug-likeness (QED) is 0.636. The monoisotopic (exact) mass is 403 g/mol. The molecular formula is C18H17N3O6S. The molecule has 0 radical (unpaired) electrons. The number of hydrogen-bond acceptors (Lipinski definition) is 8. The van der Waals surface area contributed by atoms with Crippen LogP contribution in [0, 0.1) is 0 Å². The van der Waals surface area contributed by atoms with E-state index in [9.17, 15) is 13.2 Å². The molecule has 2 aromatic heterocycles. The average molecular weight is 403 g/mol. The number of ether oxygens (including phenoxy) is 1. The summed E-state index contributed by atoms with van der Waals surface area (Å²) in [5, 5.41) is 3.83. The molecule has 3 aromatic rings. The van der Waals surface area contributed by atoms with E-state index >= 15 is 0 Å². The summed E-state index contributed by atoms with van der Waals surface area (Å²) in [5.41, 5.74) is 0.445. The molecule has 1 amide bonds. The number of sulfone groups is 1. The number of benzene rings is 1. The van der Waals surface area contributed by atoms with E-state index in [0.29, 0.717) is 42.1 Å². The van der Waals surface area contributed by atoms with Crippen LogP contribution in [0.1, 0.15) is 12.3 Å². The van der Waals surface area contributed by atoms with E-state index in [4.69, 9.17) is 13.7 Å². The molecule has 0 N–H and O–H groups in total. The Morgan fingerprint density at radius 3 is 2.89 bits per heavy atom. The van der Waals surface area contributed by atoms with Crippen LogP contribution >= 0.6 is 0 Å². The maximum absolute atomic E-state index is 12.7. The minimum atomic E-state index is -3.40. The summed E-state index contributed by atoms with van der Waals surface area (Å²) in [6.45, 7) is 0.667. The number of nitrogens with zero attached hydrogens (tertiary/aromatic N) is 3. The fourth-order valence-electron chi connectivity index (χ4n) is 2.90. The van der Waals surface area contributed by atoms with E-state index in [1.165, 1.54) is 23.3 Å². The van der Waals surface area contributed by atoms with Crippen LogP contribution in [0.4, 0.5) is 5.69 Å². The second-order valence-electron chi connectivity index (χ2n) is 6.28. The van der Waals surface area contributed by atoms with E-state index in [1.54, 1.807) is 18.2 Å². The van der Waals surface area contributed by atoms with E-state index in [0.717, 1.165) is 6.26 Å². The van der Waals surface area contributed by atoms with E-state index in [1.807, 2.05) is 0 Å². The van der Waals surface area contributed by atoms with Crippen molar-refractivity contribution in [3.05, 3.63) is 42.5 Å². The summed E-state index contributed by atoms with van der Waals surface area (Å²) in [7, 11) is -3.40. The zero-order chi connectivity index (χ0) is 19.7. The molecule has 28 heavy (non-hydrogen) atoms. The summed E-state index contributed by atoms with van der Waals surface area (Å²) in [5.74, 6) is 1.41. The molecule has 0 saturated heterocycles. The van der Waals surface area contributed by atoms with Gasteiger partial charge in [0.25, 0.3) is 0 Å². The lowest BCUT2D eigenvalue weighted by Gasteiger charge is -2.29. The molecule has 1 aliphatic rings. The topological polar surface area (TPSA) is 116 Å². The molecule has 1 aromatic carbocycles. The van der Waals surface area contributed by atoms with Crippen LogP contribution in [0.5, 0.6) is 5.75 Å². The van der Waals surface area contributed by atoms with E-state index < -0.39 is 9.84 Å². The van der Waals surface area contributed by atoms with Gasteiger partial charge >= 0.3 is 0 Å². The van der Waals surface area contributed by atoms with Crippen LogP contribution in [0.25, 0.3) is 11.6 Å². The smallest absolute Gasteiger partial charge is 0.238 e. The molecule has 0 bridgehead atoms. The lowest BCUT2D eigenvalue weighted by molar-refractivity contribution is -0.118. The highest BCUT2D eigenvalue weighted by Crippen LogP contribution is 2.34. The van der Waals surface area contributed by atoms with Gasteiger partial charge in [-0.05, 0) is 30.3 Å². The summed E-state index contributed by atoms with van der Waals surface area (Å²) in [6, 6.07) is 7.93. The summed E-state index contributed by atoms with van der Waals surface area (Å²) < 4.78 is 39.6. The zero-order valence-corrected chi connectivity index (χ0v) is 15.8. The fraction of sp³-hybridized carbons (Fsp3) is 0.278. The number of rotatable bonds is 5. The van der Waals surface area contributed by atoms with Crippen LogP contribution in [-0.4, -0.2) is 43.9 Å². The fourth-order valence-corrected chi connectivity index (χ4v) is 3.54. The number of fused-ring (bicyclic) bond motifs is 1. The number of amides is 1. The summed E-state index contributed by atoms with van der Waals surface area (Å²) in [6.07, 6.45) is 3.01. The van der Waals surface area contributed by atoms with Crippen molar-refractivity contribution in [1.82, 2.24) is 10.1 Å². The van der Waals surface area contributed by atoms with Gasteiger partial charge in [0, 0.05) is 19.1 Å². The molecule has 146 valence electrons. The predicted molar refractivity (Wildman–Crippen MR) is 97.7 cm³/mol. The third-order valence-electron chi connectivity index (χ3n) is 4.29. The maximum atomic E-state index is 12.7. The standard InChI is InChI=1S/C18H17N3O6S/c1-28(23,24)12-4-5-14-13(11-12)21(8-10-26-14)17(22)7-6-16-19-18(20-27-16)15-3-2-9-25-15/h2-5,9,11H,6-8,10H2,1H3. The van der Waals surface area contributed by atoms with Gasteiger partial charge in [-0.2, -0.15) is 4.98 Å². The number of anilines is 1. The Balaban J connectivity index is 1.49. The largest absolute Gasteiger partial charge is 0.490 e. The number of carbonyl (C=O) groups excluding carboxylic acids is 1. The first-order chi connectivity index (χ1) is 13.4. The highest BCUT2D eigenvalue weighted by Gasteiger charge is 2.26. The minimum absolute atomic E-state index is 0.127. The number of aryl methyl sites for hydroxylation is 1. The Labute approximate surface area is 160 Å². The third-order valence-corrected chi connectivity index (χ3v) is 5.40. The normalized spacial score (nSPS) is 13.8. The lowest BCUT2D eigenvalue weighted by Crippen LogP contribution is -2.38. The molecule has 0 aliphatic carbocycles. The maximum Gasteiger partial charge on any atom is 0.238 e. The van der Waals surface area contributed by atoms with Gasteiger partial charge < -0.3 is 18.6 Å². The van der Waals surface area contributed by atoms with Crippen molar-refractivity contribution in [2.75, 3.05) is 24.3 Å². The Morgan fingerprint density at radius 2 is 2.14 bits per heavy atom. The molecule has 0 saturated carbocycles. The molecule has 10 heteroatoms. The first-order valence-electron chi connectivity index (χ1n) is 8.55. The number of aromatic nitrogens is 2. The van der Waals surface area contributed by atoms with Crippen molar-refractivity contribution < 1.29 is 26.9 Å². The summed E-state index contributed by atoms with van der Waals surface area (Å²) in [4.78, 5) is 18.6. The van der Waals surface area contributed by atoms with Crippen molar-refractivity contribution in [1.29, 1.82) is 0 Å². The summed E-state index contributed by atoms with van der Waals surface area (Å²) >= 11 is 0. The number of hydrogen-bond donors (Lipinski definition) is 0. The predicted octanol–water partition coefficient (Wildman–Crippen LogP) is 2.09. The first kappa shape index (κ1) is 18.2. The van der Waals surface area contributed by atoms with Gasteiger partial charge in [-0.3, -0.25) is 4.79 Å². The molecule has 3 heterocycles. The molecule has 9 nitrogen and oxygen atoms in total. The Kier molecular flexibility index (Phi) is 4.63. The van der Waals surface area contributed by atoms with Gasteiger partial charge in [-0.15, -0.1) is 0 Å². The Hall–Kier alpha value is -3.14. The zero-order valence-electron chi connectivity index (χ0n) is 15.0. The van der Waals surface area contributed by atoms with Gasteiger partial charge in [0.1, 0.15) is 12.4 Å². The van der Waals surface area contributed by atoms with Gasteiger partial charge in [0.15, 0.2) is 15.6 Å². The highest BCUT2D eigenvalue weighted by molar-refractivity contribution is 7.90. The van der Waals surface area contributed by atoms with Gasteiger partial charge in [-0.1, -0.05) is 5.16 Å². The molecule has 1 aliphatic heterocycles. The van der Waals surface area contributed by atoms with Crippen molar-refractivity contribution in [2.45, 2.75) is 17.7 Å². The molecule has 0 spiro atoms. The molecular weight excluding hydrogens is 386 g/mol. The molecule has 0 unspecified atom stereocenters. The minimum Gasteiger partial charge on any atom is -0.490 e. The lowest BCUT2D eigenvalue weighted by atomic mass is 10.2. The second-order valence-corrected chi connectivity index (χ2v) is 8.30. The van der Waals surface area contributed by atoms with Gasteiger partial charge in [0.05, 0.1) is 23.4 Å². The number of furan rings is 1. The van der Waals surface area contributed by atoms with E-state index in [-0.39, 0.29) is 23.6 Å². The van der Waals surface area contributed by atoms with Crippen molar-refractivity contribution in [3.63, 3.8) is 0 Å². The van der Waals surface area contributed by atoms with Crippen LogP contribution < -0.4 is 9.64 Å². The van der Waals surface area contributed by atoms with Crippen molar-refractivity contribution in [3.8, 4) is 17.3 Å². The van der Waals surface area contributed by atoms with E-state index in [2.05, 4.69) is 10.1 Å². The van der Waals surface area contributed by atoms with Crippen LogP contribution in [0.2, 0.25) is 0 Å². The Bertz CT molecular complexity index is 1100. The van der Waals surface area contributed by atoms with Gasteiger partial charge in [-0.25, -0.2) is 8.42 Å². The SMILES string of the molecule is CS(=O)(=O)c1ccc2c(c1)N(C(=O)CCc1nc(-c3ccco3)no1)CCO2. The van der Waals surface area contributed by atoms with Crippen molar-refractivity contribution >= 4 is 21.4 Å². The van der Waals surface area contributed by atoms with Crippen LogP contribution in [0.15, 0.2) is 50.4 Å². The first-order valence-corrected chi connectivity index (χ1v) is 10.4. The van der Waals surface area contributed by atoms with Crippen molar-refractivity contribution in [2.24, 2.45) is 0 Å². The second kappa shape index (κ2) is 7.12. The number of carbonyl (C=O) groups is 1. The molecule has 4 rings (SSSR count). The molecule has 0 fully saturated rings. The highest BCUT2D eigenvalue weighted by atomic mass is 32.2. The third kappa shape index (κ3) is 3.63. The Morgan fingerprint density at radius 1 is 1.29 bits per heavy atom. The van der Waals surface area contributed by atoms with Crippen LogP contribution in [0.3, 0.4) is 0 Å². The average Bonchev–Trinajstić information content (AvgIpc) is 3.36. The van der Waals surface area contributed by atoms with Crippen LogP contribution in [-0.2, 0) is 21.1 Å². The molecule has 0 atom stereocenters. The van der Waals surface area contributed by atoms with Gasteiger partial charge in [0.2, 0.25) is 17.6 Å².